The minimum absolute atomic E-state index is 0.0547. The minimum Gasteiger partial charge on any atom is -0.332 e. The summed E-state index contributed by atoms with van der Waals surface area (Å²) >= 11 is 5.35. The maximum atomic E-state index is 12.7. The molecule has 1 heterocycles. The highest BCUT2D eigenvalue weighted by Crippen LogP contribution is 2.28. The van der Waals surface area contributed by atoms with E-state index in [1.165, 1.54) is 24.0 Å². The molecule has 6 heteroatoms. The zero-order valence-electron chi connectivity index (χ0n) is 17.1. The number of aryl methyl sites for hydroxylation is 1. The van der Waals surface area contributed by atoms with Crippen LogP contribution in [-0.2, 0) is 24.2 Å². The number of para-hydroxylation sites is 1. The fourth-order valence-corrected chi connectivity index (χ4v) is 4.53. The molecule has 4 rings (SSSR count). The summed E-state index contributed by atoms with van der Waals surface area (Å²) in [5.74, 6) is 0.0640. The van der Waals surface area contributed by atoms with E-state index in [1.54, 1.807) is 4.57 Å². The van der Waals surface area contributed by atoms with E-state index in [9.17, 15) is 9.59 Å². The molecule has 0 saturated heterocycles. The molecule has 5 nitrogen and oxygen atoms in total. The number of hydrogen-bond acceptors (Lipinski definition) is 3. The number of unbranched alkanes of at least 4 members (excludes halogenated alkanes) is 2. The number of nitrogens with one attached hydrogen (secondary N) is 2. The van der Waals surface area contributed by atoms with Gasteiger partial charge in [-0.15, -0.1) is 0 Å². The monoisotopic (exact) mass is 421 g/mol. The van der Waals surface area contributed by atoms with E-state index < -0.39 is 0 Å². The van der Waals surface area contributed by atoms with E-state index in [1.807, 2.05) is 36.4 Å². The fourth-order valence-electron chi connectivity index (χ4n) is 4.25. The predicted molar refractivity (Wildman–Crippen MR) is 124 cm³/mol. The van der Waals surface area contributed by atoms with Gasteiger partial charge >= 0.3 is 0 Å². The van der Waals surface area contributed by atoms with E-state index >= 15 is 0 Å². The van der Waals surface area contributed by atoms with Crippen LogP contribution in [0.15, 0.2) is 47.3 Å². The quantitative estimate of drug-likeness (QED) is 0.410. The Bertz CT molecular complexity index is 1180. The Kier molecular flexibility index (Phi) is 6.43. The largest absolute Gasteiger partial charge is 0.332 e. The molecule has 1 aliphatic carbocycles. The molecular weight excluding hydrogens is 394 g/mol. The molecule has 30 heavy (non-hydrogen) atoms. The SMILES string of the molecule is O=C(CCCCCn1c(=S)[nH]c2ccccc2c1=O)Nc1cccc2c1CCCC2. The summed E-state index contributed by atoms with van der Waals surface area (Å²) in [6.45, 7) is 0.562. The predicted octanol–water partition coefficient (Wildman–Crippen LogP) is 5.14. The first-order chi connectivity index (χ1) is 14.6. The second kappa shape index (κ2) is 9.39. The van der Waals surface area contributed by atoms with E-state index in [2.05, 4.69) is 16.4 Å². The molecule has 2 N–H and O–H groups in total. The van der Waals surface area contributed by atoms with Crippen LogP contribution in [0.2, 0.25) is 0 Å². The Labute approximate surface area is 181 Å². The first-order valence-corrected chi connectivity index (χ1v) is 11.2. The maximum absolute atomic E-state index is 12.7. The minimum atomic E-state index is -0.0547. The van der Waals surface area contributed by atoms with Gasteiger partial charge in [-0.25, -0.2) is 0 Å². The highest BCUT2D eigenvalue weighted by atomic mass is 32.1. The topological polar surface area (TPSA) is 66.9 Å². The van der Waals surface area contributed by atoms with Crippen LogP contribution in [0.3, 0.4) is 0 Å². The molecular formula is C24H27N3O2S. The van der Waals surface area contributed by atoms with E-state index in [-0.39, 0.29) is 11.5 Å². The number of aromatic nitrogens is 2. The molecule has 1 aromatic heterocycles. The summed E-state index contributed by atoms with van der Waals surface area (Å²) in [5.41, 5.74) is 4.37. The van der Waals surface area contributed by atoms with Crippen LogP contribution in [0.25, 0.3) is 10.9 Å². The lowest BCUT2D eigenvalue weighted by Crippen LogP contribution is -2.22. The van der Waals surface area contributed by atoms with Crippen LogP contribution >= 0.6 is 12.2 Å². The van der Waals surface area contributed by atoms with Crippen molar-refractivity contribution in [3.63, 3.8) is 0 Å². The molecule has 0 fully saturated rings. The third-order valence-corrected chi connectivity index (χ3v) is 6.17. The van der Waals surface area contributed by atoms with Gasteiger partial charge in [0.25, 0.3) is 5.56 Å². The van der Waals surface area contributed by atoms with Gasteiger partial charge in [-0.2, -0.15) is 0 Å². The number of hydrogen-bond donors (Lipinski definition) is 2. The molecule has 0 radical (unpaired) electrons. The third kappa shape index (κ3) is 4.54. The number of fused-ring (bicyclic) bond motifs is 2. The number of amides is 1. The van der Waals surface area contributed by atoms with Gasteiger partial charge in [0, 0.05) is 18.7 Å². The molecule has 0 bridgehead atoms. The van der Waals surface area contributed by atoms with Crippen molar-refractivity contribution in [2.24, 2.45) is 0 Å². The highest BCUT2D eigenvalue weighted by molar-refractivity contribution is 7.71. The van der Waals surface area contributed by atoms with Crippen LogP contribution in [0.5, 0.6) is 0 Å². The lowest BCUT2D eigenvalue weighted by molar-refractivity contribution is -0.116. The Morgan fingerprint density at radius 2 is 1.87 bits per heavy atom. The molecule has 1 aliphatic rings. The van der Waals surface area contributed by atoms with Crippen LogP contribution in [0, 0.1) is 4.77 Å². The number of carbonyl (C=O) groups excluding carboxylic acids is 1. The molecule has 0 aliphatic heterocycles. The van der Waals surface area contributed by atoms with Crippen molar-refractivity contribution in [2.45, 2.75) is 57.9 Å². The summed E-state index contributed by atoms with van der Waals surface area (Å²) < 4.78 is 2.07. The first-order valence-electron chi connectivity index (χ1n) is 10.8. The molecule has 0 saturated carbocycles. The second-order valence-corrected chi connectivity index (χ2v) is 8.33. The number of benzene rings is 2. The Morgan fingerprint density at radius 3 is 2.77 bits per heavy atom. The summed E-state index contributed by atoms with van der Waals surface area (Å²) in [6, 6.07) is 13.6. The second-order valence-electron chi connectivity index (χ2n) is 7.94. The maximum Gasteiger partial charge on any atom is 0.262 e. The highest BCUT2D eigenvalue weighted by Gasteiger charge is 2.14. The number of anilines is 1. The van der Waals surface area contributed by atoms with Crippen molar-refractivity contribution >= 4 is 34.7 Å². The number of carbonyl (C=O) groups is 1. The lowest BCUT2D eigenvalue weighted by Gasteiger charge is -2.19. The standard InChI is InChI=1S/C24H27N3O2S/c28-22(25-20-14-8-10-17-9-3-4-11-18(17)20)15-2-1-7-16-27-23(29)19-12-5-6-13-21(19)26-24(27)30/h5-6,8,10,12-14H,1-4,7,9,11,15-16H2,(H,25,28)(H,26,30). The summed E-state index contributed by atoms with van der Waals surface area (Å²) in [5, 5.41) is 3.75. The van der Waals surface area contributed by atoms with Gasteiger partial charge in [0.05, 0.1) is 10.9 Å². The molecule has 2 aromatic carbocycles. The van der Waals surface area contributed by atoms with Crippen molar-refractivity contribution in [3.05, 3.63) is 68.7 Å². The van der Waals surface area contributed by atoms with Gasteiger partial charge in [0.2, 0.25) is 5.91 Å². The normalized spacial score (nSPS) is 13.2. The van der Waals surface area contributed by atoms with Gasteiger partial charge < -0.3 is 10.3 Å². The molecule has 3 aromatic rings. The van der Waals surface area contributed by atoms with Gasteiger partial charge in [0.1, 0.15) is 0 Å². The Balaban J connectivity index is 1.28. The number of rotatable bonds is 7. The molecule has 0 spiro atoms. The zero-order chi connectivity index (χ0) is 20.9. The summed E-state index contributed by atoms with van der Waals surface area (Å²) in [6.07, 6.45) is 7.54. The number of aromatic amines is 1. The third-order valence-electron chi connectivity index (χ3n) is 5.84. The van der Waals surface area contributed by atoms with E-state index in [0.29, 0.717) is 23.1 Å². The molecule has 1 amide bonds. The molecule has 156 valence electrons. The van der Waals surface area contributed by atoms with Crippen molar-refractivity contribution in [1.29, 1.82) is 0 Å². The van der Waals surface area contributed by atoms with Gasteiger partial charge in [0.15, 0.2) is 4.77 Å². The fraction of sp³-hybridized carbons (Fsp3) is 0.375. The van der Waals surface area contributed by atoms with Crippen LogP contribution in [0.4, 0.5) is 5.69 Å². The average molecular weight is 422 g/mol. The average Bonchev–Trinajstić information content (AvgIpc) is 2.76. The van der Waals surface area contributed by atoms with Gasteiger partial charge in [-0.3, -0.25) is 14.2 Å². The van der Waals surface area contributed by atoms with Crippen molar-refractivity contribution in [3.8, 4) is 0 Å². The van der Waals surface area contributed by atoms with Crippen molar-refractivity contribution < 1.29 is 4.79 Å². The first kappa shape index (κ1) is 20.5. The van der Waals surface area contributed by atoms with E-state index in [0.717, 1.165) is 43.3 Å². The lowest BCUT2D eigenvalue weighted by atomic mass is 9.90. The van der Waals surface area contributed by atoms with E-state index in [4.69, 9.17) is 12.2 Å². The number of nitrogens with zero attached hydrogens (tertiary/aromatic N) is 1. The molecule has 0 atom stereocenters. The molecule has 0 unspecified atom stereocenters. The Hall–Kier alpha value is -2.73. The van der Waals surface area contributed by atoms with Crippen LogP contribution in [0.1, 0.15) is 49.7 Å². The zero-order valence-corrected chi connectivity index (χ0v) is 17.9. The van der Waals surface area contributed by atoms with Crippen LogP contribution in [-0.4, -0.2) is 15.5 Å². The van der Waals surface area contributed by atoms with Crippen LogP contribution < -0.4 is 10.9 Å². The summed E-state index contributed by atoms with van der Waals surface area (Å²) in [4.78, 5) is 28.2. The number of H-pyrrole nitrogens is 1. The van der Waals surface area contributed by atoms with Crippen molar-refractivity contribution in [2.75, 3.05) is 5.32 Å². The Morgan fingerprint density at radius 1 is 1.03 bits per heavy atom. The summed E-state index contributed by atoms with van der Waals surface area (Å²) in [7, 11) is 0. The van der Waals surface area contributed by atoms with Gasteiger partial charge in [-0.1, -0.05) is 30.7 Å². The van der Waals surface area contributed by atoms with Crippen molar-refractivity contribution in [1.82, 2.24) is 9.55 Å². The van der Waals surface area contributed by atoms with Gasteiger partial charge in [-0.05, 0) is 80.1 Å². The smallest absolute Gasteiger partial charge is 0.262 e.